The van der Waals surface area contributed by atoms with Crippen LogP contribution in [-0.2, 0) is 16.9 Å². The van der Waals surface area contributed by atoms with E-state index in [1.807, 2.05) is 60.7 Å². The van der Waals surface area contributed by atoms with Gasteiger partial charge in [-0.25, -0.2) is 0 Å². The third kappa shape index (κ3) is 3.11. The molecule has 3 heteroatoms. The van der Waals surface area contributed by atoms with Gasteiger partial charge in [-0.1, -0.05) is 66.7 Å². The van der Waals surface area contributed by atoms with Gasteiger partial charge in [-0.2, -0.15) is 0 Å². The zero-order chi connectivity index (χ0) is 17.1. The van der Waals surface area contributed by atoms with Crippen LogP contribution in [0.5, 0.6) is 11.5 Å². The highest BCUT2D eigenvalue weighted by Gasteiger charge is 2.48. The van der Waals surface area contributed by atoms with E-state index in [1.165, 1.54) is 0 Å². The molecule has 126 valence electrons. The van der Waals surface area contributed by atoms with Gasteiger partial charge in [0.1, 0.15) is 12.2 Å². The number of benzene rings is 3. The summed E-state index contributed by atoms with van der Waals surface area (Å²) < 4.78 is 17.3. The molecule has 1 aliphatic rings. The second kappa shape index (κ2) is 6.61. The lowest BCUT2D eigenvalue weighted by atomic mass is 9.91. The Labute approximate surface area is 147 Å². The molecule has 0 aromatic heterocycles. The molecule has 0 bridgehead atoms. The third-order valence-corrected chi connectivity index (χ3v) is 4.54. The molecule has 0 aliphatic carbocycles. The van der Waals surface area contributed by atoms with E-state index >= 15 is 0 Å². The maximum Gasteiger partial charge on any atom is 0.161 e. The van der Waals surface area contributed by atoms with Gasteiger partial charge in [-0.05, 0) is 28.8 Å². The largest absolute Gasteiger partial charge is 0.493 e. The SMILES string of the molecule is COc1cc(C2(c3ccccc3)CO2)ccc1OCc1ccccc1. The van der Waals surface area contributed by atoms with Crippen molar-refractivity contribution in [2.75, 3.05) is 13.7 Å². The third-order valence-electron chi connectivity index (χ3n) is 4.54. The molecule has 0 radical (unpaired) electrons. The molecule has 1 saturated heterocycles. The lowest BCUT2D eigenvalue weighted by Crippen LogP contribution is -2.11. The van der Waals surface area contributed by atoms with E-state index in [-0.39, 0.29) is 5.60 Å². The van der Waals surface area contributed by atoms with E-state index in [4.69, 9.17) is 14.2 Å². The predicted molar refractivity (Wildman–Crippen MR) is 96.9 cm³/mol. The zero-order valence-corrected chi connectivity index (χ0v) is 14.1. The van der Waals surface area contributed by atoms with Crippen LogP contribution in [-0.4, -0.2) is 13.7 Å². The van der Waals surface area contributed by atoms with E-state index < -0.39 is 0 Å². The lowest BCUT2D eigenvalue weighted by Gasteiger charge is -2.16. The van der Waals surface area contributed by atoms with Crippen molar-refractivity contribution in [3.63, 3.8) is 0 Å². The molecular formula is C22H20O3. The van der Waals surface area contributed by atoms with Crippen LogP contribution in [0, 0.1) is 0 Å². The summed E-state index contributed by atoms with van der Waals surface area (Å²) in [5.74, 6) is 1.46. The molecule has 3 nitrogen and oxygen atoms in total. The van der Waals surface area contributed by atoms with Crippen LogP contribution in [0.3, 0.4) is 0 Å². The molecule has 3 aromatic rings. The van der Waals surface area contributed by atoms with Gasteiger partial charge in [0.25, 0.3) is 0 Å². The first-order valence-corrected chi connectivity index (χ1v) is 8.36. The molecule has 0 saturated carbocycles. The first kappa shape index (κ1) is 15.7. The summed E-state index contributed by atoms with van der Waals surface area (Å²) in [5, 5.41) is 0. The first-order valence-electron chi connectivity index (χ1n) is 8.36. The first-order chi connectivity index (χ1) is 12.3. The van der Waals surface area contributed by atoms with Crippen molar-refractivity contribution in [2.24, 2.45) is 0 Å². The summed E-state index contributed by atoms with van der Waals surface area (Å²) >= 11 is 0. The minimum absolute atomic E-state index is 0.355. The molecule has 1 unspecified atom stereocenters. The van der Waals surface area contributed by atoms with E-state index in [0.29, 0.717) is 13.2 Å². The van der Waals surface area contributed by atoms with Crippen molar-refractivity contribution in [3.8, 4) is 11.5 Å². The summed E-state index contributed by atoms with van der Waals surface area (Å²) in [4.78, 5) is 0. The highest BCUT2D eigenvalue weighted by molar-refractivity contribution is 5.49. The number of hydrogen-bond acceptors (Lipinski definition) is 3. The Morgan fingerprint density at radius 3 is 2.16 bits per heavy atom. The number of epoxide rings is 1. The summed E-state index contributed by atoms with van der Waals surface area (Å²) in [7, 11) is 1.66. The fourth-order valence-corrected chi connectivity index (χ4v) is 3.05. The molecule has 0 spiro atoms. The van der Waals surface area contributed by atoms with Gasteiger partial charge < -0.3 is 14.2 Å². The molecule has 1 aliphatic heterocycles. The Kier molecular flexibility index (Phi) is 4.16. The summed E-state index contributed by atoms with van der Waals surface area (Å²) in [6, 6.07) is 26.4. The van der Waals surface area contributed by atoms with Gasteiger partial charge in [-0.3, -0.25) is 0 Å². The summed E-state index contributed by atoms with van der Waals surface area (Å²) in [6.07, 6.45) is 0. The normalized spacial score (nSPS) is 18.6. The van der Waals surface area contributed by atoms with Gasteiger partial charge in [0.2, 0.25) is 0 Å². The van der Waals surface area contributed by atoms with Crippen LogP contribution >= 0.6 is 0 Å². The molecule has 1 atom stereocenters. The minimum atomic E-state index is -0.355. The van der Waals surface area contributed by atoms with Crippen LogP contribution < -0.4 is 9.47 Å². The van der Waals surface area contributed by atoms with E-state index in [9.17, 15) is 0 Å². The fraction of sp³-hybridized carbons (Fsp3) is 0.182. The molecule has 1 fully saturated rings. The monoisotopic (exact) mass is 332 g/mol. The Hall–Kier alpha value is -2.78. The highest BCUT2D eigenvalue weighted by atomic mass is 16.6. The van der Waals surface area contributed by atoms with Crippen LogP contribution in [0.25, 0.3) is 0 Å². The van der Waals surface area contributed by atoms with Crippen molar-refractivity contribution in [1.29, 1.82) is 0 Å². The molecule has 1 heterocycles. The quantitative estimate of drug-likeness (QED) is 0.621. The molecule has 0 amide bonds. The number of rotatable bonds is 6. The predicted octanol–water partition coefficient (Wildman–Crippen LogP) is 4.55. The van der Waals surface area contributed by atoms with Crippen molar-refractivity contribution in [3.05, 3.63) is 95.6 Å². The van der Waals surface area contributed by atoms with Crippen molar-refractivity contribution in [1.82, 2.24) is 0 Å². The van der Waals surface area contributed by atoms with E-state index in [1.54, 1.807) is 7.11 Å². The smallest absolute Gasteiger partial charge is 0.161 e. The van der Waals surface area contributed by atoms with Crippen molar-refractivity contribution in [2.45, 2.75) is 12.2 Å². The standard InChI is InChI=1S/C22H20O3/c1-23-21-14-19(22(16-25-22)18-10-6-3-7-11-18)12-13-20(21)24-15-17-8-4-2-5-9-17/h2-14H,15-16H2,1H3. The maximum atomic E-state index is 5.94. The summed E-state index contributed by atoms with van der Waals surface area (Å²) in [6.45, 7) is 1.20. The van der Waals surface area contributed by atoms with Crippen molar-refractivity contribution >= 4 is 0 Å². The molecule has 3 aromatic carbocycles. The Balaban J connectivity index is 1.58. The van der Waals surface area contributed by atoms with Crippen molar-refractivity contribution < 1.29 is 14.2 Å². The van der Waals surface area contributed by atoms with Crippen LogP contribution in [0.1, 0.15) is 16.7 Å². The van der Waals surface area contributed by atoms with Gasteiger partial charge in [0.15, 0.2) is 11.5 Å². The second-order valence-electron chi connectivity index (χ2n) is 6.12. The van der Waals surface area contributed by atoms with Gasteiger partial charge in [0, 0.05) is 0 Å². The van der Waals surface area contributed by atoms with Crippen LogP contribution in [0.2, 0.25) is 0 Å². The Bertz CT molecular complexity index is 840. The molecular weight excluding hydrogens is 312 g/mol. The minimum Gasteiger partial charge on any atom is -0.493 e. The van der Waals surface area contributed by atoms with Gasteiger partial charge in [0.05, 0.1) is 13.7 Å². The van der Waals surface area contributed by atoms with E-state index in [2.05, 4.69) is 18.2 Å². The van der Waals surface area contributed by atoms with Crippen LogP contribution in [0.15, 0.2) is 78.9 Å². The maximum absolute atomic E-state index is 5.94. The van der Waals surface area contributed by atoms with E-state index in [0.717, 1.165) is 28.2 Å². The zero-order valence-electron chi connectivity index (χ0n) is 14.1. The fourth-order valence-electron chi connectivity index (χ4n) is 3.05. The topological polar surface area (TPSA) is 31.0 Å². The molecule has 25 heavy (non-hydrogen) atoms. The van der Waals surface area contributed by atoms with Crippen LogP contribution in [0.4, 0.5) is 0 Å². The van der Waals surface area contributed by atoms with Gasteiger partial charge in [-0.15, -0.1) is 0 Å². The number of hydrogen-bond donors (Lipinski definition) is 0. The Morgan fingerprint density at radius 1 is 0.840 bits per heavy atom. The average Bonchev–Trinajstić information content (AvgIpc) is 3.50. The molecule has 4 rings (SSSR count). The average molecular weight is 332 g/mol. The molecule has 0 N–H and O–H groups in total. The lowest BCUT2D eigenvalue weighted by molar-refractivity contribution is 0.283. The summed E-state index contributed by atoms with van der Waals surface area (Å²) in [5.41, 5.74) is 3.02. The number of methoxy groups -OCH3 is 1. The van der Waals surface area contributed by atoms with Gasteiger partial charge >= 0.3 is 0 Å². The second-order valence-corrected chi connectivity index (χ2v) is 6.12. The Morgan fingerprint density at radius 2 is 1.52 bits per heavy atom. The number of ether oxygens (including phenoxy) is 3. The highest BCUT2D eigenvalue weighted by Crippen LogP contribution is 2.47.